The van der Waals surface area contributed by atoms with Crippen LogP contribution in [0, 0.1) is 0 Å². The maximum Gasteiger partial charge on any atom is 0.253 e. The summed E-state index contributed by atoms with van der Waals surface area (Å²) in [5.74, 6) is 0.677. The molecule has 1 heterocycles. The zero-order valence-electron chi connectivity index (χ0n) is 15.6. The van der Waals surface area contributed by atoms with Gasteiger partial charge in [-0.15, -0.1) is 0 Å². The summed E-state index contributed by atoms with van der Waals surface area (Å²) in [5.41, 5.74) is 1.92. The molecule has 5 nitrogen and oxygen atoms in total. The van der Waals surface area contributed by atoms with Crippen LogP contribution in [-0.2, 0) is 10.0 Å². The highest BCUT2D eigenvalue weighted by Gasteiger charge is 2.28. The Bertz CT molecular complexity index is 662. The van der Waals surface area contributed by atoms with Gasteiger partial charge in [-0.1, -0.05) is 39.3 Å². The van der Waals surface area contributed by atoms with Crippen molar-refractivity contribution in [3.05, 3.63) is 35.4 Å². The quantitative estimate of drug-likeness (QED) is 0.745. The summed E-state index contributed by atoms with van der Waals surface area (Å²) < 4.78 is 26.0. The Hall–Kier alpha value is -1.40. The number of piperazine rings is 1. The van der Waals surface area contributed by atoms with Gasteiger partial charge in [-0.3, -0.25) is 4.79 Å². The second kappa shape index (κ2) is 8.81. The SMILES string of the molecule is CCCCS(=O)(=O)N1CCN(C(=O)c2ccc(C(C)CC)cc2)CC1. The lowest BCUT2D eigenvalue weighted by molar-refractivity contribution is 0.0698. The number of rotatable bonds is 7. The molecule has 6 heteroatoms. The number of sulfonamides is 1. The predicted molar refractivity (Wildman–Crippen MR) is 101 cm³/mol. The molecule has 1 aliphatic rings. The van der Waals surface area contributed by atoms with Crippen LogP contribution in [0.25, 0.3) is 0 Å². The smallest absolute Gasteiger partial charge is 0.253 e. The summed E-state index contributed by atoms with van der Waals surface area (Å²) in [6, 6.07) is 7.81. The Morgan fingerprint density at radius 1 is 1.08 bits per heavy atom. The second-order valence-corrected chi connectivity index (χ2v) is 8.88. The van der Waals surface area contributed by atoms with Crippen molar-refractivity contribution in [3.63, 3.8) is 0 Å². The number of carbonyl (C=O) groups is 1. The predicted octanol–water partition coefficient (Wildman–Crippen LogP) is 3.09. The van der Waals surface area contributed by atoms with E-state index >= 15 is 0 Å². The van der Waals surface area contributed by atoms with Gasteiger partial charge in [-0.2, -0.15) is 4.31 Å². The standard InChI is InChI=1S/C19H30N2O3S/c1-4-6-15-25(23,24)21-13-11-20(12-14-21)19(22)18-9-7-17(8-10-18)16(3)5-2/h7-10,16H,4-6,11-15H2,1-3H3. The van der Waals surface area contributed by atoms with E-state index in [4.69, 9.17) is 0 Å². The van der Waals surface area contributed by atoms with E-state index in [1.165, 1.54) is 9.87 Å². The van der Waals surface area contributed by atoms with Crippen LogP contribution in [-0.4, -0.2) is 55.5 Å². The average molecular weight is 367 g/mol. The molecule has 1 amide bonds. The lowest BCUT2D eigenvalue weighted by Gasteiger charge is -2.34. The fraction of sp³-hybridized carbons (Fsp3) is 0.632. The number of hydrogen-bond donors (Lipinski definition) is 0. The number of carbonyl (C=O) groups excluding carboxylic acids is 1. The second-order valence-electron chi connectivity index (χ2n) is 6.79. The van der Waals surface area contributed by atoms with Crippen molar-refractivity contribution in [2.75, 3.05) is 31.9 Å². The van der Waals surface area contributed by atoms with Gasteiger partial charge in [0.25, 0.3) is 5.91 Å². The van der Waals surface area contributed by atoms with Crippen LogP contribution in [0.3, 0.4) is 0 Å². The van der Waals surface area contributed by atoms with Crippen molar-refractivity contribution >= 4 is 15.9 Å². The highest BCUT2D eigenvalue weighted by molar-refractivity contribution is 7.89. The van der Waals surface area contributed by atoms with E-state index in [0.717, 1.165) is 12.8 Å². The average Bonchev–Trinajstić information content (AvgIpc) is 2.65. The van der Waals surface area contributed by atoms with Gasteiger partial charge < -0.3 is 4.90 Å². The molecule has 140 valence electrons. The molecule has 1 aromatic carbocycles. The van der Waals surface area contributed by atoms with Crippen molar-refractivity contribution in [2.45, 2.75) is 46.0 Å². The van der Waals surface area contributed by atoms with Crippen molar-refractivity contribution in [2.24, 2.45) is 0 Å². The Labute approximate surface area is 152 Å². The van der Waals surface area contributed by atoms with Crippen molar-refractivity contribution in [1.29, 1.82) is 0 Å². The third-order valence-corrected chi connectivity index (χ3v) is 6.97. The monoisotopic (exact) mass is 366 g/mol. The van der Waals surface area contributed by atoms with E-state index in [2.05, 4.69) is 13.8 Å². The first-order valence-electron chi connectivity index (χ1n) is 9.26. The summed E-state index contributed by atoms with van der Waals surface area (Å²) in [7, 11) is -3.18. The molecule has 0 N–H and O–H groups in total. The van der Waals surface area contributed by atoms with Crippen LogP contribution in [0.15, 0.2) is 24.3 Å². The maximum absolute atomic E-state index is 12.6. The molecule has 1 saturated heterocycles. The fourth-order valence-electron chi connectivity index (χ4n) is 3.00. The highest BCUT2D eigenvalue weighted by Crippen LogP contribution is 2.20. The van der Waals surface area contributed by atoms with Gasteiger partial charge in [0.2, 0.25) is 10.0 Å². The van der Waals surface area contributed by atoms with Crippen LogP contribution in [0.1, 0.15) is 61.9 Å². The molecule has 1 atom stereocenters. The maximum atomic E-state index is 12.6. The van der Waals surface area contributed by atoms with E-state index in [9.17, 15) is 13.2 Å². The first-order valence-corrected chi connectivity index (χ1v) is 10.9. The van der Waals surface area contributed by atoms with Crippen LogP contribution >= 0.6 is 0 Å². The minimum absolute atomic E-state index is 0.0127. The van der Waals surface area contributed by atoms with Crippen molar-refractivity contribution < 1.29 is 13.2 Å². The Kier molecular flexibility index (Phi) is 7.02. The molecule has 0 saturated carbocycles. The first kappa shape index (κ1) is 19.9. The largest absolute Gasteiger partial charge is 0.336 e. The van der Waals surface area contributed by atoms with Gasteiger partial charge in [0.15, 0.2) is 0 Å². The van der Waals surface area contributed by atoms with Gasteiger partial charge >= 0.3 is 0 Å². The number of hydrogen-bond acceptors (Lipinski definition) is 3. The minimum Gasteiger partial charge on any atom is -0.336 e. The van der Waals surface area contributed by atoms with Gasteiger partial charge in [-0.05, 0) is 36.5 Å². The molecule has 1 aromatic rings. The van der Waals surface area contributed by atoms with Gasteiger partial charge in [-0.25, -0.2) is 8.42 Å². The summed E-state index contributed by atoms with van der Waals surface area (Å²) in [6.45, 7) is 8.01. The zero-order valence-corrected chi connectivity index (χ0v) is 16.4. The molecule has 0 aliphatic carbocycles. The van der Waals surface area contributed by atoms with Crippen molar-refractivity contribution in [1.82, 2.24) is 9.21 Å². The van der Waals surface area contributed by atoms with E-state index < -0.39 is 10.0 Å². The van der Waals surface area contributed by atoms with Crippen LogP contribution in [0.4, 0.5) is 0 Å². The van der Waals surface area contributed by atoms with Crippen LogP contribution in [0.5, 0.6) is 0 Å². The zero-order chi connectivity index (χ0) is 18.4. The molecule has 1 unspecified atom stereocenters. The summed E-state index contributed by atoms with van der Waals surface area (Å²) in [6.07, 6.45) is 2.62. The highest BCUT2D eigenvalue weighted by atomic mass is 32.2. The molecular formula is C19H30N2O3S. The third-order valence-electron chi connectivity index (χ3n) is 5.01. The van der Waals surface area contributed by atoms with Crippen LogP contribution < -0.4 is 0 Å². The molecule has 25 heavy (non-hydrogen) atoms. The van der Waals surface area contributed by atoms with E-state index in [1.807, 2.05) is 31.2 Å². The first-order chi connectivity index (χ1) is 11.9. The fourth-order valence-corrected chi connectivity index (χ4v) is 4.63. The number of nitrogens with zero attached hydrogens (tertiary/aromatic N) is 2. The Balaban J connectivity index is 1.95. The van der Waals surface area contributed by atoms with E-state index in [1.54, 1.807) is 4.90 Å². The minimum atomic E-state index is -3.18. The molecule has 1 fully saturated rings. The Morgan fingerprint density at radius 3 is 2.20 bits per heavy atom. The van der Waals surface area contributed by atoms with Gasteiger partial charge in [0.05, 0.1) is 5.75 Å². The topological polar surface area (TPSA) is 57.7 Å². The summed E-state index contributed by atoms with van der Waals surface area (Å²) in [5, 5.41) is 0. The molecule has 1 aliphatic heterocycles. The lowest BCUT2D eigenvalue weighted by atomic mass is 9.97. The molecular weight excluding hydrogens is 336 g/mol. The normalized spacial score (nSPS) is 17.5. The Morgan fingerprint density at radius 2 is 1.68 bits per heavy atom. The molecule has 2 rings (SSSR count). The van der Waals surface area contributed by atoms with Gasteiger partial charge in [0, 0.05) is 31.7 Å². The summed E-state index contributed by atoms with van der Waals surface area (Å²) >= 11 is 0. The molecule has 0 spiro atoms. The molecule has 0 aromatic heterocycles. The van der Waals surface area contributed by atoms with Crippen molar-refractivity contribution in [3.8, 4) is 0 Å². The number of amides is 1. The molecule has 0 radical (unpaired) electrons. The summed E-state index contributed by atoms with van der Waals surface area (Å²) in [4.78, 5) is 14.4. The van der Waals surface area contributed by atoms with E-state index in [-0.39, 0.29) is 11.7 Å². The number of unbranched alkanes of at least 4 members (excludes halogenated alkanes) is 1. The van der Waals surface area contributed by atoms with E-state index in [0.29, 0.717) is 44.1 Å². The van der Waals surface area contributed by atoms with Gasteiger partial charge in [0.1, 0.15) is 0 Å². The lowest BCUT2D eigenvalue weighted by Crippen LogP contribution is -2.51. The number of benzene rings is 1. The third kappa shape index (κ3) is 5.05. The molecule has 0 bridgehead atoms. The van der Waals surface area contributed by atoms with Crippen LogP contribution in [0.2, 0.25) is 0 Å².